The van der Waals surface area contributed by atoms with E-state index >= 15 is 0 Å². The van der Waals surface area contributed by atoms with E-state index in [1.54, 1.807) is 16.8 Å². The van der Waals surface area contributed by atoms with Crippen molar-refractivity contribution in [1.82, 2.24) is 15.0 Å². The van der Waals surface area contributed by atoms with E-state index in [2.05, 4.69) is 24.2 Å². The van der Waals surface area contributed by atoms with Crippen LogP contribution in [0.1, 0.15) is 30.8 Å². The molecule has 2 rings (SSSR count). The Kier molecular flexibility index (Phi) is 4.73. The summed E-state index contributed by atoms with van der Waals surface area (Å²) in [6.07, 6.45) is 0.797. The van der Waals surface area contributed by atoms with Crippen molar-refractivity contribution < 1.29 is 4.39 Å². The van der Waals surface area contributed by atoms with Gasteiger partial charge in [-0.2, -0.15) is 0 Å². The van der Waals surface area contributed by atoms with Crippen molar-refractivity contribution in [1.29, 1.82) is 0 Å². The Morgan fingerprint density at radius 1 is 1.40 bits per heavy atom. The Morgan fingerprint density at radius 2 is 2.15 bits per heavy atom. The molecule has 0 spiro atoms. The minimum atomic E-state index is -0.335. The number of rotatable bonds is 5. The van der Waals surface area contributed by atoms with E-state index in [4.69, 9.17) is 17.3 Å². The summed E-state index contributed by atoms with van der Waals surface area (Å²) in [4.78, 5) is 0. The van der Waals surface area contributed by atoms with Gasteiger partial charge in [0.05, 0.1) is 17.9 Å². The van der Waals surface area contributed by atoms with Crippen molar-refractivity contribution in [2.45, 2.75) is 33.4 Å². The summed E-state index contributed by atoms with van der Waals surface area (Å²) in [5, 5.41) is 8.54. The monoisotopic (exact) mass is 296 g/mol. The van der Waals surface area contributed by atoms with Gasteiger partial charge in [-0.1, -0.05) is 36.7 Å². The van der Waals surface area contributed by atoms with Crippen LogP contribution >= 0.6 is 11.6 Å². The molecule has 0 fully saturated rings. The minimum absolute atomic E-state index is 0.264. The highest BCUT2D eigenvalue weighted by Crippen LogP contribution is 2.21. The first-order valence-electron chi connectivity index (χ1n) is 6.57. The first-order valence-corrected chi connectivity index (χ1v) is 6.95. The summed E-state index contributed by atoms with van der Waals surface area (Å²) in [7, 11) is 0. The van der Waals surface area contributed by atoms with Crippen molar-refractivity contribution in [3.8, 4) is 0 Å². The van der Waals surface area contributed by atoms with Crippen LogP contribution in [0.4, 0.5) is 4.39 Å². The summed E-state index contributed by atoms with van der Waals surface area (Å²) in [5.74, 6) is 0.103. The van der Waals surface area contributed by atoms with E-state index in [1.165, 1.54) is 6.07 Å². The van der Waals surface area contributed by atoms with Crippen LogP contribution in [0.25, 0.3) is 0 Å². The van der Waals surface area contributed by atoms with Crippen LogP contribution in [-0.2, 0) is 19.5 Å². The summed E-state index contributed by atoms with van der Waals surface area (Å²) in [5.41, 5.74) is 7.80. The van der Waals surface area contributed by atoms with Crippen molar-refractivity contribution >= 4 is 11.6 Å². The van der Waals surface area contributed by atoms with Gasteiger partial charge in [-0.3, -0.25) is 0 Å². The van der Waals surface area contributed by atoms with E-state index in [0.29, 0.717) is 23.0 Å². The van der Waals surface area contributed by atoms with Crippen LogP contribution in [0.5, 0.6) is 0 Å². The third-order valence-corrected chi connectivity index (χ3v) is 3.44. The molecule has 0 radical (unpaired) electrons. The predicted molar refractivity (Wildman–Crippen MR) is 77.0 cm³/mol. The summed E-state index contributed by atoms with van der Waals surface area (Å²) < 4.78 is 15.5. The molecule has 0 amide bonds. The maximum absolute atomic E-state index is 13.8. The van der Waals surface area contributed by atoms with Gasteiger partial charge in [0.2, 0.25) is 0 Å². The number of aromatic nitrogens is 3. The van der Waals surface area contributed by atoms with Gasteiger partial charge in [0.15, 0.2) is 0 Å². The summed E-state index contributed by atoms with van der Waals surface area (Å²) >= 11 is 6.05. The minimum Gasteiger partial charge on any atom is -0.325 e. The lowest BCUT2D eigenvalue weighted by Gasteiger charge is -2.11. The smallest absolute Gasteiger partial charge is 0.129 e. The van der Waals surface area contributed by atoms with Gasteiger partial charge in [0, 0.05) is 17.1 Å². The van der Waals surface area contributed by atoms with Crippen LogP contribution in [0.3, 0.4) is 0 Å². The Balaban J connectivity index is 2.36. The van der Waals surface area contributed by atoms with Gasteiger partial charge in [-0.05, 0) is 24.5 Å². The molecule has 0 aliphatic heterocycles. The van der Waals surface area contributed by atoms with Gasteiger partial charge in [0.1, 0.15) is 5.82 Å². The highest BCUT2D eigenvalue weighted by atomic mass is 35.5. The first kappa shape index (κ1) is 14.9. The Morgan fingerprint density at radius 3 is 2.75 bits per heavy atom. The molecule has 4 nitrogen and oxygen atoms in total. The number of nitrogens with zero attached hydrogens (tertiary/aromatic N) is 3. The van der Waals surface area contributed by atoms with E-state index in [-0.39, 0.29) is 12.4 Å². The van der Waals surface area contributed by atoms with Gasteiger partial charge >= 0.3 is 0 Å². The maximum Gasteiger partial charge on any atom is 0.129 e. The molecule has 0 atom stereocenters. The number of nitrogens with two attached hydrogens (primary N) is 1. The summed E-state index contributed by atoms with van der Waals surface area (Å²) in [6.45, 7) is 4.80. The average Bonchev–Trinajstić information content (AvgIpc) is 2.75. The van der Waals surface area contributed by atoms with Gasteiger partial charge < -0.3 is 5.73 Å². The van der Waals surface area contributed by atoms with E-state index in [0.717, 1.165) is 17.8 Å². The molecular weight excluding hydrogens is 279 g/mol. The Bertz CT molecular complexity index is 575. The zero-order valence-corrected chi connectivity index (χ0v) is 12.4. The van der Waals surface area contributed by atoms with Gasteiger partial charge in [0.25, 0.3) is 0 Å². The average molecular weight is 297 g/mol. The number of halogens is 2. The van der Waals surface area contributed by atoms with Crippen molar-refractivity contribution in [2.24, 2.45) is 11.7 Å². The van der Waals surface area contributed by atoms with Crippen molar-refractivity contribution in [3.63, 3.8) is 0 Å². The van der Waals surface area contributed by atoms with Crippen LogP contribution in [0, 0.1) is 11.7 Å². The van der Waals surface area contributed by atoms with Gasteiger partial charge in [-0.15, -0.1) is 5.10 Å². The second-order valence-corrected chi connectivity index (χ2v) is 5.55. The lowest BCUT2D eigenvalue weighted by atomic mass is 10.1. The third kappa shape index (κ3) is 3.16. The number of benzene rings is 1. The third-order valence-electron chi connectivity index (χ3n) is 3.08. The molecule has 6 heteroatoms. The SMILES string of the molecule is CC(C)Cc1c(CN)nnn1Cc1c(F)cccc1Cl. The van der Waals surface area contributed by atoms with Crippen molar-refractivity contribution in [2.75, 3.05) is 0 Å². The molecule has 2 N–H and O–H groups in total. The van der Waals surface area contributed by atoms with E-state index in [1.807, 2.05) is 0 Å². The fraction of sp³-hybridized carbons (Fsp3) is 0.429. The molecule has 0 saturated heterocycles. The molecule has 0 unspecified atom stereocenters. The number of hydrogen-bond donors (Lipinski definition) is 1. The van der Waals surface area contributed by atoms with Crippen LogP contribution in [-0.4, -0.2) is 15.0 Å². The second-order valence-electron chi connectivity index (χ2n) is 5.14. The number of hydrogen-bond acceptors (Lipinski definition) is 3. The highest BCUT2D eigenvalue weighted by Gasteiger charge is 2.16. The quantitative estimate of drug-likeness (QED) is 0.923. The molecule has 0 saturated carbocycles. The molecular formula is C14H18ClFN4. The van der Waals surface area contributed by atoms with Crippen LogP contribution in [0.2, 0.25) is 5.02 Å². The molecule has 1 heterocycles. The fourth-order valence-electron chi connectivity index (χ4n) is 2.10. The molecule has 0 aliphatic rings. The fourth-order valence-corrected chi connectivity index (χ4v) is 2.32. The molecule has 1 aromatic heterocycles. The van der Waals surface area contributed by atoms with Crippen LogP contribution < -0.4 is 5.73 Å². The second kappa shape index (κ2) is 6.33. The highest BCUT2D eigenvalue weighted by molar-refractivity contribution is 6.31. The topological polar surface area (TPSA) is 56.7 Å². The standard InChI is InChI=1S/C14H18ClFN4/c1-9(2)6-14-13(7-17)18-19-20(14)8-10-11(15)4-3-5-12(10)16/h3-5,9H,6-8,17H2,1-2H3. The predicted octanol–water partition coefficient (Wildman–Crippen LogP) is 2.78. The zero-order valence-electron chi connectivity index (χ0n) is 11.6. The summed E-state index contributed by atoms with van der Waals surface area (Å²) in [6, 6.07) is 4.65. The molecule has 1 aromatic carbocycles. The molecule has 2 aromatic rings. The van der Waals surface area contributed by atoms with Crippen LogP contribution in [0.15, 0.2) is 18.2 Å². The lowest BCUT2D eigenvalue weighted by molar-refractivity contribution is 0.542. The first-order chi connectivity index (χ1) is 9.52. The molecule has 0 aliphatic carbocycles. The molecule has 20 heavy (non-hydrogen) atoms. The molecule has 108 valence electrons. The molecule has 0 bridgehead atoms. The maximum atomic E-state index is 13.8. The van der Waals surface area contributed by atoms with E-state index < -0.39 is 0 Å². The Hall–Kier alpha value is -1.46. The Labute approximate surface area is 122 Å². The lowest BCUT2D eigenvalue weighted by Crippen LogP contribution is -2.12. The normalized spacial score (nSPS) is 11.3. The van der Waals surface area contributed by atoms with E-state index in [9.17, 15) is 4.39 Å². The van der Waals surface area contributed by atoms with Gasteiger partial charge in [-0.25, -0.2) is 9.07 Å². The van der Waals surface area contributed by atoms with Crippen molar-refractivity contribution in [3.05, 3.63) is 46.0 Å². The zero-order chi connectivity index (χ0) is 14.7. The largest absolute Gasteiger partial charge is 0.325 e.